The van der Waals surface area contributed by atoms with Crippen LogP contribution < -0.4 is 5.73 Å². The van der Waals surface area contributed by atoms with Gasteiger partial charge in [-0.2, -0.15) is 0 Å². The Morgan fingerprint density at radius 2 is 2.00 bits per heavy atom. The summed E-state index contributed by atoms with van der Waals surface area (Å²) in [6, 6.07) is 0.161. The summed E-state index contributed by atoms with van der Waals surface area (Å²) in [4.78, 5) is 15.8. The number of carbonyl (C=O) groups is 1. The van der Waals surface area contributed by atoms with Crippen LogP contribution in [0.3, 0.4) is 0 Å². The van der Waals surface area contributed by atoms with Crippen LogP contribution in [-0.2, 0) is 4.74 Å². The van der Waals surface area contributed by atoms with Crippen molar-refractivity contribution in [3.8, 4) is 0 Å². The van der Waals surface area contributed by atoms with E-state index in [1.807, 2.05) is 9.80 Å². The number of urea groups is 1. The van der Waals surface area contributed by atoms with E-state index in [1.165, 1.54) is 0 Å². The zero-order valence-electron chi connectivity index (χ0n) is 9.02. The maximum absolute atomic E-state index is 12.0. The number of hydrogen-bond acceptors (Lipinski definition) is 3. The van der Waals surface area contributed by atoms with Crippen LogP contribution in [0.5, 0.6) is 0 Å². The lowest BCUT2D eigenvalue weighted by molar-refractivity contribution is 0.0449. The Bertz CT molecular complexity index is 229. The molecule has 2 saturated heterocycles. The standard InChI is InChI=1S/C10H19N3O2/c11-7-9-1-2-13(8-9)10(14)12-3-5-15-6-4-12/h9H,1-8,11H2. The van der Waals surface area contributed by atoms with Crippen molar-refractivity contribution in [3.63, 3.8) is 0 Å². The number of carbonyl (C=O) groups excluding carboxylic acids is 1. The number of nitrogens with zero attached hydrogens (tertiary/aromatic N) is 2. The molecule has 2 N–H and O–H groups in total. The fourth-order valence-electron chi connectivity index (χ4n) is 2.15. The van der Waals surface area contributed by atoms with Crippen LogP contribution in [0.15, 0.2) is 0 Å². The van der Waals surface area contributed by atoms with Crippen LogP contribution in [0, 0.1) is 5.92 Å². The Labute approximate surface area is 90.1 Å². The van der Waals surface area contributed by atoms with Crippen LogP contribution in [-0.4, -0.2) is 61.8 Å². The lowest BCUT2D eigenvalue weighted by Crippen LogP contribution is -2.47. The van der Waals surface area contributed by atoms with E-state index in [9.17, 15) is 4.79 Å². The summed E-state index contributed by atoms with van der Waals surface area (Å²) >= 11 is 0. The summed E-state index contributed by atoms with van der Waals surface area (Å²) in [5.41, 5.74) is 5.60. The second kappa shape index (κ2) is 4.81. The lowest BCUT2D eigenvalue weighted by atomic mass is 10.1. The van der Waals surface area contributed by atoms with Gasteiger partial charge in [0.1, 0.15) is 0 Å². The summed E-state index contributed by atoms with van der Waals surface area (Å²) in [5.74, 6) is 0.495. The third-order valence-electron chi connectivity index (χ3n) is 3.17. The van der Waals surface area contributed by atoms with Crippen LogP contribution in [0.1, 0.15) is 6.42 Å². The third kappa shape index (κ3) is 2.41. The van der Waals surface area contributed by atoms with Crippen LogP contribution in [0.25, 0.3) is 0 Å². The highest BCUT2D eigenvalue weighted by atomic mass is 16.5. The third-order valence-corrected chi connectivity index (χ3v) is 3.17. The maximum atomic E-state index is 12.0. The molecule has 0 aromatic heterocycles. The number of likely N-dealkylation sites (tertiary alicyclic amines) is 1. The minimum Gasteiger partial charge on any atom is -0.378 e. The Morgan fingerprint density at radius 1 is 1.27 bits per heavy atom. The molecule has 0 aromatic carbocycles. The monoisotopic (exact) mass is 213 g/mol. The molecule has 0 bridgehead atoms. The van der Waals surface area contributed by atoms with Gasteiger partial charge in [0, 0.05) is 26.2 Å². The molecule has 2 heterocycles. The van der Waals surface area contributed by atoms with Gasteiger partial charge in [-0.25, -0.2) is 4.79 Å². The van der Waals surface area contributed by atoms with Gasteiger partial charge in [-0.1, -0.05) is 0 Å². The Kier molecular flexibility index (Phi) is 3.43. The van der Waals surface area contributed by atoms with Crippen molar-refractivity contribution in [3.05, 3.63) is 0 Å². The molecule has 1 atom stereocenters. The molecule has 2 aliphatic heterocycles. The number of rotatable bonds is 1. The van der Waals surface area contributed by atoms with Gasteiger partial charge in [0.2, 0.25) is 0 Å². The molecule has 15 heavy (non-hydrogen) atoms. The van der Waals surface area contributed by atoms with Gasteiger partial charge < -0.3 is 20.3 Å². The topological polar surface area (TPSA) is 58.8 Å². The first-order valence-electron chi connectivity index (χ1n) is 5.63. The van der Waals surface area contributed by atoms with E-state index < -0.39 is 0 Å². The van der Waals surface area contributed by atoms with Crippen molar-refractivity contribution in [2.24, 2.45) is 11.7 Å². The molecule has 0 spiro atoms. The van der Waals surface area contributed by atoms with E-state index >= 15 is 0 Å². The molecule has 0 aliphatic carbocycles. The second-order valence-corrected chi connectivity index (χ2v) is 4.22. The van der Waals surface area contributed by atoms with Gasteiger partial charge in [-0.15, -0.1) is 0 Å². The molecule has 2 aliphatic rings. The largest absolute Gasteiger partial charge is 0.378 e. The number of nitrogens with two attached hydrogens (primary N) is 1. The van der Waals surface area contributed by atoms with Crippen molar-refractivity contribution in [2.75, 3.05) is 45.9 Å². The van der Waals surface area contributed by atoms with Gasteiger partial charge in [0.05, 0.1) is 13.2 Å². The zero-order chi connectivity index (χ0) is 10.7. The van der Waals surface area contributed by atoms with Gasteiger partial charge in [-0.3, -0.25) is 0 Å². The predicted octanol–water partition coefficient (Wildman–Crippen LogP) is -0.281. The Hall–Kier alpha value is -0.810. The molecule has 0 aromatic rings. The number of morpholine rings is 1. The van der Waals surface area contributed by atoms with Crippen LogP contribution in [0.4, 0.5) is 4.79 Å². The fraction of sp³-hybridized carbons (Fsp3) is 0.900. The molecule has 86 valence electrons. The first kappa shape index (κ1) is 10.7. The Balaban J connectivity index is 1.85. The molecule has 2 amide bonds. The number of hydrogen-bond donors (Lipinski definition) is 1. The summed E-state index contributed by atoms with van der Waals surface area (Å²) in [6.45, 7) is 5.16. The molecule has 1 unspecified atom stereocenters. The van der Waals surface area contributed by atoms with E-state index in [1.54, 1.807) is 0 Å². The first-order chi connectivity index (χ1) is 7.31. The average molecular weight is 213 g/mol. The molecular formula is C10H19N3O2. The van der Waals surface area contributed by atoms with Crippen molar-refractivity contribution in [1.29, 1.82) is 0 Å². The fourth-order valence-corrected chi connectivity index (χ4v) is 2.15. The van der Waals surface area contributed by atoms with Crippen LogP contribution in [0.2, 0.25) is 0 Å². The molecule has 2 fully saturated rings. The molecule has 0 saturated carbocycles. The van der Waals surface area contributed by atoms with Gasteiger partial charge >= 0.3 is 6.03 Å². The highest BCUT2D eigenvalue weighted by molar-refractivity contribution is 5.74. The van der Waals surface area contributed by atoms with E-state index in [0.717, 1.165) is 32.6 Å². The van der Waals surface area contributed by atoms with Gasteiger partial charge in [0.15, 0.2) is 0 Å². The average Bonchev–Trinajstić information content (AvgIpc) is 2.78. The zero-order valence-corrected chi connectivity index (χ0v) is 9.02. The van der Waals surface area contributed by atoms with Gasteiger partial charge in [0.25, 0.3) is 0 Å². The molecule has 5 nitrogen and oxygen atoms in total. The first-order valence-corrected chi connectivity index (χ1v) is 5.63. The van der Waals surface area contributed by atoms with Crippen molar-refractivity contribution >= 4 is 6.03 Å². The summed E-state index contributed by atoms with van der Waals surface area (Å²) < 4.78 is 5.22. The number of amides is 2. The van der Waals surface area contributed by atoms with Crippen LogP contribution >= 0.6 is 0 Å². The van der Waals surface area contributed by atoms with E-state index in [2.05, 4.69) is 0 Å². The summed E-state index contributed by atoms with van der Waals surface area (Å²) in [5, 5.41) is 0. The molecule has 5 heteroatoms. The smallest absolute Gasteiger partial charge is 0.320 e. The van der Waals surface area contributed by atoms with Crippen molar-refractivity contribution in [1.82, 2.24) is 9.80 Å². The summed E-state index contributed by atoms with van der Waals surface area (Å²) in [6.07, 6.45) is 1.05. The molecular weight excluding hydrogens is 194 g/mol. The lowest BCUT2D eigenvalue weighted by Gasteiger charge is -2.30. The van der Waals surface area contributed by atoms with Crippen molar-refractivity contribution < 1.29 is 9.53 Å². The highest BCUT2D eigenvalue weighted by Gasteiger charge is 2.29. The van der Waals surface area contributed by atoms with E-state index in [4.69, 9.17) is 10.5 Å². The normalized spacial score (nSPS) is 27.1. The molecule has 0 radical (unpaired) electrons. The minimum absolute atomic E-state index is 0.161. The van der Waals surface area contributed by atoms with E-state index in [0.29, 0.717) is 25.7 Å². The maximum Gasteiger partial charge on any atom is 0.320 e. The number of ether oxygens (including phenoxy) is 1. The Morgan fingerprint density at radius 3 is 2.60 bits per heavy atom. The van der Waals surface area contributed by atoms with Gasteiger partial charge in [-0.05, 0) is 18.9 Å². The second-order valence-electron chi connectivity index (χ2n) is 4.22. The minimum atomic E-state index is 0.161. The summed E-state index contributed by atoms with van der Waals surface area (Å²) in [7, 11) is 0. The highest BCUT2D eigenvalue weighted by Crippen LogP contribution is 2.16. The SMILES string of the molecule is NCC1CCN(C(=O)N2CCOCC2)C1. The van der Waals surface area contributed by atoms with Crippen molar-refractivity contribution in [2.45, 2.75) is 6.42 Å². The quantitative estimate of drug-likeness (QED) is 0.651. The predicted molar refractivity (Wildman–Crippen MR) is 56.5 cm³/mol. The molecule has 2 rings (SSSR count). The van der Waals surface area contributed by atoms with E-state index in [-0.39, 0.29) is 6.03 Å².